The molecule has 1 atom stereocenters. The summed E-state index contributed by atoms with van der Waals surface area (Å²) in [7, 11) is -4.25. The van der Waals surface area contributed by atoms with Crippen LogP contribution in [0.3, 0.4) is 0 Å². The number of rotatable bonds is 8. The third-order valence-electron chi connectivity index (χ3n) is 3.71. The van der Waals surface area contributed by atoms with Crippen molar-refractivity contribution in [2.75, 3.05) is 26.3 Å². The summed E-state index contributed by atoms with van der Waals surface area (Å²) in [6.45, 7) is -1.27. The quantitative estimate of drug-likeness (QED) is 0.655. The number of hydrogen-bond donors (Lipinski definition) is 2. The molecule has 1 aliphatic rings. The van der Waals surface area contributed by atoms with Gasteiger partial charge in [0.25, 0.3) is 5.92 Å². The van der Waals surface area contributed by atoms with Gasteiger partial charge in [-0.2, -0.15) is 0 Å². The Labute approximate surface area is 162 Å². The molecule has 1 fully saturated rings. The maximum atomic E-state index is 13.2. The summed E-state index contributed by atoms with van der Waals surface area (Å²) in [6, 6.07) is 4.01. The molecule has 26 heavy (non-hydrogen) atoms. The van der Waals surface area contributed by atoms with E-state index >= 15 is 0 Å². The van der Waals surface area contributed by atoms with Crippen LogP contribution in [-0.4, -0.2) is 46.7 Å². The predicted octanol–water partition coefficient (Wildman–Crippen LogP) is 2.58. The van der Waals surface area contributed by atoms with E-state index in [0.29, 0.717) is 6.61 Å². The van der Waals surface area contributed by atoms with E-state index in [1.54, 1.807) is 0 Å². The molecule has 0 aliphatic carbocycles. The highest BCUT2D eigenvalue weighted by Gasteiger charge is 2.30. The van der Waals surface area contributed by atoms with Gasteiger partial charge in [0.15, 0.2) is 0 Å². The van der Waals surface area contributed by atoms with Gasteiger partial charge in [0.05, 0.1) is 19.2 Å². The van der Waals surface area contributed by atoms with Gasteiger partial charge in [-0.05, 0) is 37.5 Å². The second-order valence-electron chi connectivity index (χ2n) is 5.78. The second-order valence-corrected chi connectivity index (χ2v) is 7.95. The molecule has 0 amide bonds. The Kier molecular flexibility index (Phi) is 8.98. The molecule has 2 rings (SSSR count). The van der Waals surface area contributed by atoms with Crippen LogP contribution in [0.25, 0.3) is 0 Å². The SMILES string of the molecule is Cl.NCC(F)(F)CNS(=O)(=O)c1cc(Cl)ccc1OCC1CCCCO1. The van der Waals surface area contributed by atoms with Gasteiger partial charge in [0, 0.05) is 11.6 Å². The fourth-order valence-electron chi connectivity index (χ4n) is 2.28. The van der Waals surface area contributed by atoms with Crippen molar-refractivity contribution in [3.05, 3.63) is 23.2 Å². The number of nitrogens with one attached hydrogen (secondary N) is 1. The average Bonchev–Trinajstić information content (AvgIpc) is 2.60. The molecule has 11 heteroatoms. The first kappa shape index (κ1) is 23.3. The zero-order valence-electron chi connectivity index (χ0n) is 13.9. The van der Waals surface area contributed by atoms with E-state index in [1.165, 1.54) is 12.1 Å². The van der Waals surface area contributed by atoms with Crippen LogP contribution >= 0.6 is 24.0 Å². The number of halogens is 4. The number of nitrogens with two attached hydrogens (primary N) is 1. The normalized spacial score (nSPS) is 18.2. The van der Waals surface area contributed by atoms with Gasteiger partial charge in [-0.3, -0.25) is 0 Å². The monoisotopic (exact) mass is 434 g/mol. The third-order valence-corrected chi connectivity index (χ3v) is 5.37. The highest BCUT2D eigenvalue weighted by Crippen LogP contribution is 2.28. The Morgan fingerprint density at radius 2 is 2.12 bits per heavy atom. The third kappa shape index (κ3) is 6.79. The molecule has 1 unspecified atom stereocenters. The van der Waals surface area contributed by atoms with E-state index in [1.807, 2.05) is 4.72 Å². The Morgan fingerprint density at radius 3 is 2.73 bits per heavy atom. The van der Waals surface area contributed by atoms with Gasteiger partial charge in [-0.15, -0.1) is 12.4 Å². The maximum Gasteiger partial charge on any atom is 0.273 e. The van der Waals surface area contributed by atoms with Crippen LogP contribution in [0.5, 0.6) is 5.75 Å². The van der Waals surface area contributed by atoms with Crippen LogP contribution in [-0.2, 0) is 14.8 Å². The number of sulfonamides is 1. The zero-order valence-corrected chi connectivity index (χ0v) is 16.3. The van der Waals surface area contributed by atoms with Gasteiger partial charge < -0.3 is 15.2 Å². The Morgan fingerprint density at radius 1 is 1.38 bits per heavy atom. The molecule has 1 aliphatic heterocycles. The van der Waals surface area contributed by atoms with Gasteiger partial charge in [-0.1, -0.05) is 11.6 Å². The van der Waals surface area contributed by atoms with E-state index in [2.05, 4.69) is 0 Å². The Balaban J connectivity index is 0.00000338. The fourth-order valence-corrected chi connectivity index (χ4v) is 3.75. The van der Waals surface area contributed by atoms with E-state index in [4.69, 9.17) is 26.8 Å². The zero-order chi connectivity index (χ0) is 18.5. The topological polar surface area (TPSA) is 90.7 Å². The molecule has 0 radical (unpaired) electrons. The average molecular weight is 435 g/mol. The Bertz CT molecular complexity index is 686. The molecule has 0 aromatic heterocycles. The van der Waals surface area contributed by atoms with E-state index < -0.39 is 29.0 Å². The summed E-state index contributed by atoms with van der Waals surface area (Å²) in [5.74, 6) is -3.31. The summed E-state index contributed by atoms with van der Waals surface area (Å²) >= 11 is 5.85. The standard InChI is InChI=1S/C15H21ClF2N2O4S.ClH/c16-11-4-5-13(24-8-12-3-1-2-6-23-12)14(7-11)25(21,22)20-10-15(17,18)9-19;/h4-5,7,12,20H,1-3,6,8-10,19H2;1H. The minimum atomic E-state index is -4.25. The van der Waals surface area contributed by atoms with Crippen molar-refractivity contribution in [2.45, 2.75) is 36.2 Å². The molecule has 3 N–H and O–H groups in total. The van der Waals surface area contributed by atoms with Crippen molar-refractivity contribution >= 4 is 34.0 Å². The van der Waals surface area contributed by atoms with Crippen molar-refractivity contribution < 1.29 is 26.7 Å². The summed E-state index contributed by atoms with van der Waals surface area (Å²) in [5.41, 5.74) is 4.91. The molecule has 0 bridgehead atoms. The molecular formula is C15H22Cl2F2N2O4S. The lowest BCUT2D eigenvalue weighted by atomic mass is 10.1. The maximum absolute atomic E-state index is 13.2. The van der Waals surface area contributed by atoms with Gasteiger partial charge in [0.2, 0.25) is 10.0 Å². The van der Waals surface area contributed by atoms with Crippen molar-refractivity contribution in [1.29, 1.82) is 0 Å². The highest BCUT2D eigenvalue weighted by atomic mass is 35.5. The molecular weight excluding hydrogens is 413 g/mol. The van der Waals surface area contributed by atoms with Crippen molar-refractivity contribution in [1.82, 2.24) is 4.72 Å². The predicted molar refractivity (Wildman–Crippen MR) is 97.0 cm³/mol. The summed E-state index contributed by atoms with van der Waals surface area (Å²) in [6.07, 6.45) is 2.68. The van der Waals surface area contributed by atoms with Crippen LogP contribution in [0.4, 0.5) is 8.78 Å². The molecule has 1 aromatic carbocycles. The molecule has 6 nitrogen and oxygen atoms in total. The lowest BCUT2D eigenvalue weighted by Gasteiger charge is -2.23. The van der Waals surface area contributed by atoms with Gasteiger partial charge in [-0.25, -0.2) is 21.9 Å². The lowest BCUT2D eigenvalue weighted by molar-refractivity contribution is -0.0116. The van der Waals surface area contributed by atoms with Gasteiger partial charge in [0.1, 0.15) is 17.3 Å². The van der Waals surface area contributed by atoms with Crippen molar-refractivity contribution in [3.63, 3.8) is 0 Å². The second kappa shape index (κ2) is 10.0. The molecule has 0 saturated carbocycles. The first-order valence-corrected chi connectivity index (χ1v) is 9.71. The summed E-state index contributed by atoms with van der Waals surface area (Å²) < 4.78 is 64.1. The molecule has 1 heterocycles. The number of benzene rings is 1. The minimum Gasteiger partial charge on any atom is -0.489 e. The smallest absolute Gasteiger partial charge is 0.273 e. The van der Waals surface area contributed by atoms with Crippen LogP contribution in [0.15, 0.2) is 23.1 Å². The molecule has 1 saturated heterocycles. The molecule has 150 valence electrons. The Hall–Kier alpha value is -0.710. The van der Waals surface area contributed by atoms with Gasteiger partial charge >= 0.3 is 0 Å². The largest absolute Gasteiger partial charge is 0.489 e. The first-order valence-electron chi connectivity index (χ1n) is 7.85. The van der Waals surface area contributed by atoms with Crippen LogP contribution in [0, 0.1) is 0 Å². The first-order chi connectivity index (χ1) is 11.7. The van der Waals surface area contributed by atoms with Crippen LogP contribution < -0.4 is 15.2 Å². The number of hydrogen-bond acceptors (Lipinski definition) is 5. The summed E-state index contributed by atoms with van der Waals surface area (Å²) in [4.78, 5) is -0.302. The lowest BCUT2D eigenvalue weighted by Crippen LogP contribution is -2.41. The summed E-state index contributed by atoms with van der Waals surface area (Å²) in [5, 5.41) is 0.146. The van der Waals surface area contributed by atoms with Crippen molar-refractivity contribution in [2.24, 2.45) is 5.73 Å². The number of ether oxygens (including phenoxy) is 2. The highest BCUT2D eigenvalue weighted by molar-refractivity contribution is 7.89. The minimum absolute atomic E-state index is 0. The fraction of sp³-hybridized carbons (Fsp3) is 0.600. The van der Waals surface area contributed by atoms with Crippen LogP contribution in [0.2, 0.25) is 5.02 Å². The van der Waals surface area contributed by atoms with E-state index in [-0.39, 0.29) is 40.8 Å². The molecule has 1 aromatic rings. The van der Waals surface area contributed by atoms with Crippen molar-refractivity contribution in [3.8, 4) is 5.75 Å². The van der Waals surface area contributed by atoms with E-state index in [9.17, 15) is 17.2 Å². The van der Waals surface area contributed by atoms with E-state index in [0.717, 1.165) is 25.3 Å². The molecule has 0 spiro atoms. The van der Waals surface area contributed by atoms with Crippen LogP contribution in [0.1, 0.15) is 19.3 Å². The number of alkyl halides is 2.